The third kappa shape index (κ3) is 3.99. The Balaban J connectivity index is 1.62. The Kier molecular flexibility index (Phi) is 5.40. The van der Waals surface area contributed by atoms with Crippen LogP contribution >= 0.6 is 23.2 Å². The first-order valence-electron chi connectivity index (χ1n) is 9.95. The van der Waals surface area contributed by atoms with Crippen LogP contribution in [0, 0.1) is 5.82 Å². The summed E-state index contributed by atoms with van der Waals surface area (Å²) in [6.45, 7) is -0.0114. The van der Waals surface area contributed by atoms with Gasteiger partial charge in [0.25, 0.3) is 11.8 Å². The highest BCUT2D eigenvalue weighted by Gasteiger charge is 2.39. The molecule has 1 aliphatic heterocycles. The molecule has 2 heterocycles. The molecule has 0 N–H and O–H groups in total. The Morgan fingerprint density at radius 1 is 0.636 bits per heavy atom. The summed E-state index contributed by atoms with van der Waals surface area (Å²) < 4.78 is 13.2. The molecular formula is C25H14Cl2FN3O2. The summed E-state index contributed by atoms with van der Waals surface area (Å²) in [5.41, 5.74) is 2.83. The third-order valence-corrected chi connectivity index (χ3v) is 5.78. The smallest absolute Gasteiger partial charge is 0.267 e. The summed E-state index contributed by atoms with van der Waals surface area (Å²) in [4.78, 5) is 36.4. The number of amides is 2. The van der Waals surface area contributed by atoms with Crippen LogP contribution in [-0.2, 0) is 6.54 Å². The van der Waals surface area contributed by atoms with Gasteiger partial charge in [0, 0.05) is 21.2 Å². The minimum Gasteiger partial charge on any atom is -0.267 e. The largest absolute Gasteiger partial charge is 0.282 e. The molecule has 0 radical (unpaired) electrons. The van der Waals surface area contributed by atoms with Crippen molar-refractivity contribution in [3.8, 4) is 22.5 Å². The molecule has 33 heavy (non-hydrogen) atoms. The number of fused-ring (bicyclic) bond motifs is 1. The van der Waals surface area contributed by atoms with E-state index >= 15 is 0 Å². The van der Waals surface area contributed by atoms with Crippen LogP contribution in [0.4, 0.5) is 4.39 Å². The number of imide groups is 1. The van der Waals surface area contributed by atoms with E-state index in [9.17, 15) is 14.0 Å². The molecule has 1 aliphatic rings. The van der Waals surface area contributed by atoms with Gasteiger partial charge in [0.2, 0.25) is 0 Å². The van der Waals surface area contributed by atoms with E-state index in [1.54, 1.807) is 48.5 Å². The molecule has 0 bridgehead atoms. The molecule has 2 amide bonds. The number of carbonyl (C=O) groups excluding carboxylic acids is 2. The van der Waals surface area contributed by atoms with E-state index in [1.165, 1.54) is 24.3 Å². The third-order valence-electron chi connectivity index (χ3n) is 5.28. The number of hydrogen-bond donors (Lipinski definition) is 0. The van der Waals surface area contributed by atoms with E-state index in [2.05, 4.69) is 9.97 Å². The molecule has 5 rings (SSSR count). The predicted molar refractivity (Wildman–Crippen MR) is 124 cm³/mol. The number of benzene rings is 3. The molecule has 0 spiro atoms. The molecule has 3 aromatic carbocycles. The van der Waals surface area contributed by atoms with Gasteiger partial charge in [-0.05, 0) is 42.0 Å². The van der Waals surface area contributed by atoms with E-state index in [-0.39, 0.29) is 17.9 Å². The normalized spacial score (nSPS) is 12.9. The van der Waals surface area contributed by atoms with Gasteiger partial charge in [0.05, 0.1) is 17.9 Å². The first-order chi connectivity index (χ1) is 15.9. The quantitative estimate of drug-likeness (QED) is 0.335. The minimum atomic E-state index is -0.551. The SMILES string of the molecule is O=C1c2nc(-c3ccc(Cl)cc3)c(-c3ccc(Cl)cc3)nc2C(=O)N1Cc1ccc(F)cc1. The maximum Gasteiger partial charge on any atom is 0.282 e. The summed E-state index contributed by atoms with van der Waals surface area (Å²) in [5, 5.41) is 1.11. The van der Waals surface area contributed by atoms with Crippen LogP contribution in [0.3, 0.4) is 0 Å². The van der Waals surface area contributed by atoms with Crippen molar-refractivity contribution >= 4 is 35.0 Å². The monoisotopic (exact) mass is 477 g/mol. The molecule has 0 aliphatic carbocycles. The Labute approximate surface area is 198 Å². The van der Waals surface area contributed by atoms with E-state index < -0.39 is 17.6 Å². The van der Waals surface area contributed by atoms with Crippen molar-refractivity contribution in [3.05, 3.63) is 106 Å². The summed E-state index contributed by atoms with van der Waals surface area (Å²) in [6, 6.07) is 19.6. The number of aromatic nitrogens is 2. The Bertz CT molecular complexity index is 1300. The molecule has 4 aromatic rings. The summed E-state index contributed by atoms with van der Waals surface area (Å²) in [5.74, 6) is -1.50. The fourth-order valence-electron chi connectivity index (χ4n) is 3.62. The van der Waals surface area contributed by atoms with Crippen molar-refractivity contribution in [2.24, 2.45) is 0 Å². The van der Waals surface area contributed by atoms with Gasteiger partial charge < -0.3 is 0 Å². The molecule has 0 fully saturated rings. The molecule has 162 valence electrons. The van der Waals surface area contributed by atoms with Crippen LogP contribution in [0.25, 0.3) is 22.5 Å². The van der Waals surface area contributed by atoms with Gasteiger partial charge in [-0.1, -0.05) is 59.6 Å². The van der Waals surface area contributed by atoms with Crippen molar-refractivity contribution in [3.63, 3.8) is 0 Å². The second-order valence-corrected chi connectivity index (χ2v) is 8.33. The van der Waals surface area contributed by atoms with Gasteiger partial charge in [-0.2, -0.15) is 0 Å². The number of hydrogen-bond acceptors (Lipinski definition) is 4. The Morgan fingerprint density at radius 3 is 1.48 bits per heavy atom. The van der Waals surface area contributed by atoms with E-state index in [4.69, 9.17) is 23.2 Å². The second-order valence-electron chi connectivity index (χ2n) is 7.45. The van der Waals surface area contributed by atoms with Crippen LogP contribution in [0.5, 0.6) is 0 Å². The minimum absolute atomic E-state index is 0.0114. The molecular weight excluding hydrogens is 464 g/mol. The van der Waals surface area contributed by atoms with Gasteiger partial charge in [-0.15, -0.1) is 0 Å². The first kappa shape index (κ1) is 21.2. The van der Waals surface area contributed by atoms with Crippen molar-refractivity contribution in [1.82, 2.24) is 14.9 Å². The van der Waals surface area contributed by atoms with Gasteiger partial charge in [0.1, 0.15) is 5.82 Å². The zero-order valence-electron chi connectivity index (χ0n) is 16.9. The maximum atomic E-state index is 13.2. The number of rotatable bonds is 4. The molecule has 0 unspecified atom stereocenters. The van der Waals surface area contributed by atoms with Crippen molar-refractivity contribution in [1.29, 1.82) is 0 Å². The van der Waals surface area contributed by atoms with Gasteiger partial charge >= 0.3 is 0 Å². The predicted octanol–water partition coefficient (Wildman–Crippen LogP) is 6.05. The maximum absolute atomic E-state index is 13.2. The fraction of sp³-hybridized carbons (Fsp3) is 0.0400. The highest BCUT2D eigenvalue weighted by molar-refractivity contribution is 6.31. The average molecular weight is 478 g/mol. The van der Waals surface area contributed by atoms with Crippen LogP contribution in [0.2, 0.25) is 10.0 Å². The van der Waals surface area contributed by atoms with E-state index in [0.717, 1.165) is 4.90 Å². The topological polar surface area (TPSA) is 63.2 Å². The van der Waals surface area contributed by atoms with Crippen LogP contribution < -0.4 is 0 Å². The lowest BCUT2D eigenvalue weighted by Gasteiger charge is -2.12. The lowest BCUT2D eigenvalue weighted by Crippen LogP contribution is -2.29. The molecule has 0 saturated heterocycles. The number of carbonyl (C=O) groups is 2. The second kappa shape index (κ2) is 8.39. The van der Waals surface area contributed by atoms with Crippen molar-refractivity contribution in [2.75, 3.05) is 0 Å². The van der Waals surface area contributed by atoms with Crippen LogP contribution in [0.15, 0.2) is 72.8 Å². The Hall–Kier alpha value is -3.61. The first-order valence-corrected chi connectivity index (χ1v) is 10.7. The molecule has 1 aromatic heterocycles. The highest BCUT2D eigenvalue weighted by atomic mass is 35.5. The standard InChI is InChI=1S/C25H14Cl2FN3O2/c26-17-7-3-15(4-8-17)20-21(16-5-9-18(27)10-6-16)30-23-22(29-20)24(32)31(25(23)33)13-14-1-11-19(28)12-2-14/h1-12H,13H2. The Morgan fingerprint density at radius 2 is 1.06 bits per heavy atom. The zero-order chi connectivity index (χ0) is 23.1. The van der Waals surface area contributed by atoms with E-state index in [0.29, 0.717) is 38.1 Å². The summed E-state index contributed by atoms with van der Waals surface area (Å²) in [6.07, 6.45) is 0. The zero-order valence-corrected chi connectivity index (χ0v) is 18.4. The molecule has 0 saturated carbocycles. The van der Waals surface area contributed by atoms with Gasteiger partial charge in [-0.25, -0.2) is 14.4 Å². The lowest BCUT2D eigenvalue weighted by atomic mass is 10.0. The van der Waals surface area contributed by atoms with Crippen LogP contribution in [-0.4, -0.2) is 26.7 Å². The van der Waals surface area contributed by atoms with Crippen molar-refractivity contribution in [2.45, 2.75) is 6.54 Å². The fourth-order valence-corrected chi connectivity index (χ4v) is 3.87. The summed E-state index contributed by atoms with van der Waals surface area (Å²) >= 11 is 12.1. The van der Waals surface area contributed by atoms with Gasteiger partial charge in [-0.3, -0.25) is 14.5 Å². The molecule has 0 atom stereocenters. The summed E-state index contributed by atoms with van der Waals surface area (Å²) in [7, 11) is 0. The van der Waals surface area contributed by atoms with Gasteiger partial charge in [0.15, 0.2) is 11.4 Å². The number of halogens is 3. The molecule has 5 nitrogen and oxygen atoms in total. The average Bonchev–Trinajstić information content (AvgIpc) is 3.05. The molecule has 8 heteroatoms. The van der Waals surface area contributed by atoms with Crippen molar-refractivity contribution < 1.29 is 14.0 Å². The van der Waals surface area contributed by atoms with E-state index in [1.807, 2.05) is 0 Å². The highest BCUT2D eigenvalue weighted by Crippen LogP contribution is 2.34. The van der Waals surface area contributed by atoms with Crippen LogP contribution in [0.1, 0.15) is 26.5 Å². The number of nitrogens with zero attached hydrogens (tertiary/aromatic N) is 3. The lowest BCUT2D eigenvalue weighted by molar-refractivity contribution is 0.0638.